The highest BCUT2D eigenvalue weighted by Gasteiger charge is 2.39. The molecule has 0 spiro atoms. The fourth-order valence-electron chi connectivity index (χ4n) is 2.59. The van der Waals surface area contributed by atoms with Gasteiger partial charge in [-0.2, -0.15) is 0 Å². The highest BCUT2D eigenvalue weighted by Crippen LogP contribution is 2.39. The van der Waals surface area contributed by atoms with Gasteiger partial charge in [0.05, 0.1) is 4.92 Å². The number of rotatable bonds is 4. The Morgan fingerprint density at radius 1 is 1.35 bits per heavy atom. The average molecular weight is 337 g/mol. The van der Waals surface area contributed by atoms with Crippen LogP contribution >= 0.6 is 0 Å². The molecule has 1 aliphatic rings. The quantitative estimate of drug-likeness (QED) is 0.472. The van der Waals surface area contributed by atoms with Crippen molar-refractivity contribution in [3.8, 4) is 0 Å². The van der Waals surface area contributed by atoms with Crippen molar-refractivity contribution in [1.29, 1.82) is 0 Å². The van der Waals surface area contributed by atoms with Crippen molar-refractivity contribution in [2.24, 2.45) is 0 Å². The second-order valence-corrected chi connectivity index (χ2v) is 12.4. The zero-order valence-electron chi connectivity index (χ0n) is 14.7. The van der Waals surface area contributed by atoms with Gasteiger partial charge in [-0.15, -0.1) is 0 Å². The molecule has 1 fully saturated rings. The van der Waals surface area contributed by atoms with E-state index in [1.54, 1.807) is 12.3 Å². The molecule has 1 aromatic rings. The molecule has 0 aromatic carbocycles. The topological polar surface area (TPSA) is 68.5 Å². The monoisotopic (exact) mass is 337 g/mol. The Labute approximate surface area is 139 Å². The second kappa shape index (κ2) is 6.57. The molecule has 0 bridgehead atoms. The Morgan fingerprint density at radius 2 is 1.96 bits per heavy atom. The van der Waals surface area contributed by atoms with Crippen LogP contribution in [0.3, 0.4) is 0 Å². The van der Waals surface area contributed by atoms with Gasteiger partial charge in [0, 0.05) is 25.4 Å². The van der Waals surface area contributed by atoms with Crippen molar-refractivity contribution in [3.05, 3.63) is 28.6 Å². The lowest BCUT2D eigenvalue weighted by Crippen LogP contribution is -2.47. The van der Waals surface area contributed by atoms with E-state index < -0.39 is 8.32 Å². The Hall–Kier alpha value is -1.47. The van der Waals surface area contributed by atoms with Crippen molar-refractivity contribution in [2.45, 2.75) is 57.8 Å². The van der Waals surface area contributed by atoms with Crippen LogP contribution in [-0.2, 0) is 4.43 Å². The average Bonchev–Trinajstić information content (AvgIpc) is 2.46. The SMILES string of the molecule is CC(C)(C)[Si](C)(C)OC1CCN(c2ccncc2[N+](=O)[O-])CC1. The van der Waals surface area contributed by atoms with Crippen LogP contribution < -0.4 is 4.90 Å². The van der Waals surface area contributed by atoms with Gasteiger partial charge in [-0.1, -0.05) is 20.8 Å². The first-order valence-electron chi connectivity index (χ1n) is 8.13. The summed E-state index contributed by atoms with van der Waals surface area (Å²) < 4.78 is 6.47. The van der Waals surface area contributed by atoms with Crippen molar-refractivity contribution < 1.29 is 9.35 Å². The molecule has 0 N–H and O–H groups in total. The maximum absolute atomic E-state index is 11.1. The summed E-state index contributed by atoms with van der Waals surface area (Å²) in [5, 5.41) is 11.3. The molecule has 2 heterocycles. The molecule has 0 atom stereocenters. The predicted octanol–water partition coefficient (Wildman–Crippen LogP) is 3.98. The largest absolute Gasteiger partial charge is 0.414 e. The summed E-state index contributed by atoms with van der Waals surface area (Å²) in [4.78, 5) is 16.7. The van der Waals surface area contributed by atoms with Crippen molar-refractivity contribution in [1.82, 2.24) is 4.98 Å². The Kier molecular flexibility index (Phi) is 5.10. The van der Waals surface area contributed by atoms with Crippen molar-refractivity contribution in [3.63, 3.8) is 0 Å². The molecular formula is C16H27N3O3Si. The summed E-state index contributed by atoms with van der Waals surface area (Å²) >= 11 is 0. The highest BCUT2D eigenvalue weighted by molar-refractivity contribution is 6.74. The Balaban J connectivity index is 2.01. The maximum atomic E-state index is 11.1. The Morgan fingerprint density at radius 3 is 2.48 bits per heavy atom. The van der Waals surface area contributed by atoms with Gasteiger partial charge in [0.15, 0.2) is 8.32 Å². The number of anilines is 1. The predicted molar refractivity (Wildman–Crippen MR) is 94.4 cm³/mol. The van der Waals surface area contributed by atoms with E-state index in [4.69, 9.17) is 4.43 Å². The van der Waals surface area contributed by atoms with Crippen LogP contribution in [0.4, 0.5) is 11.4 Å². The van der Waals surface area contributed by atoms with Crippen LogP contribution in [0.15, 0.2) is 18.5 Å². The number of hydrogen-bond acceptors (Lipinski definition) is 5. The van der Waals surface area contributed by atoms with Gasteiger partial charge in [-0.05, 0) is 37.0 Å². The minimum absolute atomic E-state index is 0.0799. The Bertz CT molecular complexity index is 564. The maximum Gasteiger partial charge on any atom is 0.310 e. The van der Waals surface area contributed by atoms with E-state index in [9.17, 15) is 10.1 Å². The van der Waals surface area contributed by atoms with Gasteiger partial charge in [0.25, 0.3) is 0 Å². The molecule has 7 heteroatoms. The molecule has 0 saturated carbocycles. The fourth-order valence-corrected chi connectivity index (χ4v) is 4.02. The zero-order valence-corrected chi connectivity index (χ0v) is 15.7. The van der Waals surface area contributed by atoms with E-state index in [1.807, 2.05) is 0 Å². The summed E-state index contributed by atoms with van der Waals surface area (Å²) in [6.07, 6.45) is 5.01. The van der Waals surface area contributed by atoms with E-state index in [0.717, 1.165) is 25.9 Å². The minimum Gasteiger partial charge on any atom is -0.414 e. The van der Waals surface area contributed by atoms with Gasteiger partial charge in [-0.3, -0.25) is 15.1 Å². The smallest absolute Gasteiger partial charge is 0.310 e. The van der Waals surface area contributed by atoms with Crippen LogP contribution in [-0.4, -0.2) is 37.4 Å². The number of nitrogens with zero attached hydrogens (tertiary/aromatic N) is 3. The van der Waals surface area contributed by atoms with E-state index in [0.29, 0.717) is 5.69 Å². The fraction of sp³-hybridized carbons (Fsp3) is 0.688. The number of nitro groups is 1. The van der Waals surface area contributed by atoms with Gasteiger partial charge in [0.1, 0.15) is 11.9 Å². The highest BCUT2D eigenvalue weighted by atomic mass is 28.4. The van der Waals surface area contributed by atoms with Gasteiger partial charge in [-0.25, -0.2) is 0 Å². The van der Waals surface area contributed by atoms with Crippen molar-refractivity contribution >= 4 is 19.7 Å². The molecule has 0 unspecified atom stereocenters. The third kappa shape index (κ3) is 4.09. The lowest BCUT2D eigenvalue weighted by molar-refractivity contribution is -0.384. The first-order valence-corrected chi connectivity index (χ1v) is 11.0. The molecule has 1 saturated heterocycles. The molecule has 6 nitrogen and oxygen atoms in total. The van der Waals surface area contributed by atoms with E-state index in [1.165, 1.54) is 6.20 Å². The second-order valence-electron chi connectivity index (χ2n) is 7.69. The molecule has 23 heavy (non-hydrogen) atoms. The third-order valence-corrected chi connectivity index (χ3v) is 9.56. The first kappa shape index (κ1) is 17.9. The number of hydrogen-bond donors (Lipinski definition) is 0. The third-order valence-electron chi connectivity index (χ3n) is 5.02. The van der Waals surface area contributed by atoms with E-state index in [-0.39, 0.29) is 21.8 Å². The molecule has 0 amide bonds. The standard InChI is InChI=1S/C16H27N3O3Si/c1-16(2,3)23(4,5)22-13-7-10-18(11-8-13)14-6-9-17-12-15(14)19(20)21/h6,9,12-13H,7-8,10-11H2,1-5H3. The summed E-state index contributed by atoms with van der Waals surface area (Å²) in [5.41, 5.74) is 0.743. The van der Waals surface area contributed by atoms with Crippen LogP contribution in [0.5, 0.6) is 0 Å². The summed E-state index contributed by atoms with van der Waals surface area (Å²) in [6, 6.07) is 1.73. The lowest BCUT2D eigenvalue weighted by Gasteiger charge is -2.42. The van der Waals surface area contributed by atoms with E-state index in [2.05, 4.69) is 43.7 Å². The zero-order chi connectivity index (χ0) is 17.3. The summed E-state index contributed by atoms with van der Waals surface area (Å²) in [5.74, 6) is 0. The van der Waals surface area contributed by atoms with Crippen LogP contribution in [0.25, 0.3) is 0 Å². The molecular weight excluding hydrogens is 310 g/mol. The molecule has 1 aromatic heterocycles. The summed E-state index contributed by atoms with van der Waals surface area (Å²) in [6.45, 7) is 12.8. The summed E-state index contributed by atoms with van der Waals surface area (Å²) in [7, 11) is -1.76. The normalized spacial score (nSPS) is 17.3. The molecule has 0 aliphatic carbocycles. The van der Waals surface area contributed by atoms with Gasteiger partial charge < -0.3 is 9.33 Å². The number of aromatic nitrogens is 1. The van der Waals surface area contributed by atoms with Crippen molar-refractivity contribution in [2.75, 3.05) is 18.0 Å². The minimum atomic E-state index is -1.76. The van der Waals surface area contributed by atoms with Crippen LogP contribution in [0.2, 0.25) is 18.1 Å². The first-order chi connectivity index (χ1) is 10.6. The number of pyridine rings is 1. The van der Waals surface area contributed by atoms with Crippen LogP contribution in [0, 0.1) is 10.1 Å². The number of piperidine rings is 1. The van der Waals surface area contributed by atoms with Crippen LogP contribution in [0.1, 0.15) is 33.6 Å². The van der Waals surface area contributed by atoms with E-state index >= 15 is 0 Å². The molecule has 128 valence electrons. The molecule has 0 radical (unpaired) electrons. The molecule has 1 aliphatic heterocycles. The van der Waals surface area contributed by atoms with Gasteiger partial charge in [0.2, 0.25) is 0 Å². The lowest BCUT2D eigenvalue weighted by atomic mass is 10.1. The van der Waals surface area contributed by atoms with Gasteiger partial charge >= 0.3 is 5.69 Å². The molecule has 2 rings (SSSR count).